The van der Waals surface area contributed by atoms with E-state index in [9.17, 15) is 0 Å². The van der Waals surface area contributed by atoms with Crippen LogP contribution in [0, 0.1) is 0 Å². The lowest BCUT2D eigenvalue weighted by Gasteiger charge is -2.24. The van der Waals surface area contributed by atoms with Gasteiger partial charge in [0.1, 0.15) is 0 Å². The molecule has 1 aromatic heterocycles. The van der Waals surface area contributed by atoms with Crippen LogP contribution >= 0.6 is 11.3 Å². The largest absolute Gasteiger partial charge is 0.300 e. The summed E-state index contributed by atoms with van der Waals surface area (Å²) in [5.41, 5.74) is 1.54. The predicted octanol–water partition coefficient (Wildman–Crippen LogP) is 2.86. The number of thiophene rings is 1. The summed E-state index contributed by atoms with van der Waals surface area (Å²) in [5, 5.41) is 2.16. The van der Waals surface area contributed by atoms with Gasteiger partial charge in [-0.15, -0.1) is 11.3 Å². The smallest absolute Gasteiger partial charge is 0.0300 e. The molecule has 0 aromatic carbocycles. The second kappa shape index (κ2) is 4.07. The summed E-state index contributed by atoms with van der Waals surface area (Å²) in [6, 6.07) is 4.35. The maximum Gasteiger partial charge on any atom is 0.0300 e. The van der Waals surface area contributed by atoms with Gasteiger partial charge in [0.2, 0.25) is 0 Å². The Bertz CT molecular complexity index is 287. The summed E-state index contributed by atoms with van der Waals surface area (Å²) in [4.78, 5) is 3.92. The second-order valence-corrected chi connectivity index (χ2v) is 4.30. The molecule has 70 valence electrons. The van der Waals surface area contributed by atoms with Crippen LogP contribution in [0.15, 0.2) is 23.6 Å². The normalized spacial score (nSPS) is 18.7. The minimum atomic E-state index is 1.13. The number of hydrogen-bond donors (Lipinski definition) is 0. The van der Waals surface area contributed by atoms with Crippen LogP contribution in [0.25, 0.3) is 5.57 Å². The molecule has 0 atom stereocenters. The monoisotopic (exact) mass is 193 g/mol. The predicted molar refractivity (Wildman–Crippen MR) is 59.0 cm³/mol. The van der Waals surface area contributed by atoms with E-state index in [2.05, 4.69) is 35.4 Å². The van der Waals surface area contributed by atoms with Crippen LogP contribution in [-0.2, 0) is 0 Å². The van der Waals surface area contributed by atoms with E-state index in [0.29, 0.717) is 0 Å². The van der Waals surface area contributed by atoms with Gasteiger partial charge < -0.3 is 0 Å². The van der Waals surface area contributed by atoms with Gasteiger partial charge in [-0.2, -0.15) is 0 Å². The van der Waals surface area contributed by atoms with E-state index in [1.807, 2.05) is 11.3 Å². The molecule has 2 heteroatoms. The van der Waals surface area contributed by atoms with Gasteiger partial charge in [0, 0.05) is 18.0 Å². The van der Waals surface area contributed by atoms with Crippen LogP contribution in [0.2, 0.25) is 0 Å². The summed E-state index contributed by atoms with van der Waals surface area (Å²) in [6.45, 7) is 5.75. The van der Waals surface area contributed by atoms with Crippen molar-refractivity contribution in [1.82, 2.24) is 4.90 Å². The van der Waals surface area contributed by atoms with Crippen LogP contribution in [0.1, 0.15) is 18.2 Å². The molecule has 1 aromatic rings. The zero-order chi connectivity index (χ0) is 9.10. The lowest BCUT2D eigenvalue weighted by Crippen LogP contribution is -2.27. The minimum absolute atomic E-state index is 1.13. The highest BCUT2D eigenvalue weighted by Gasteiger charge is 2.11. The molecular formula is C11H15NS. The Kier molecular flexibility index (Phi) is 2.81. The van der Waals surface area contributed by atoms with Crippen molar-refractivity contribution in [2.24, 2.45) is 0 Å². The molecule has 0 fully saturated rings. The van der Waals surface area contributed by atoms with E-state index in [1.54, 1.807) is 5.57 Å². The van der Waals surface area contributed by atoms with Crippen molar-refractivity contribution in [1.29, 1.82) is 0 Å². The summed E-state index contributed by atoms with van der Waals surface area (Å²) >= 11 is 1.85. The molecule has 0 N–H and O–H groups in total. The molecule has 0 unspecified atom stereocenters. The molecular weight excluding hydrogens is 178 g/mol. The first kappa shape index (κ1) is 8.97. The molecule has 1 nitrogen and oxygen atoms in total. The molecule has 0 spiro atoms. The van der Waals surface area contributed by atoms with E-state index in [4.69, 9.17) is 0 Å². The van der Waals surface area contributed by atoms with Gasteiger partial charge >= 0.3 is 0 Å². The Morgan fingerprint density at radius 3 is 3.00 bits per heavy atom. The zero-order valence-electron chi connectivity index (χ0n) is 7.99. The molecule has 0 saturated heterocycles. The maximum atomic E-state index is 2.47. The van der Waals surface area contributed by atoms with E-state index in [1.165, 1.54) is 24.4 Å². The van der Waals surface area contributed by atoms with Gasteiger partial charge in [0.05, 0.1) is 0 Å². The van der Waals surface area contributed by atoms with Crippen LogP contribution in [-0.4, -0.2) is 24.5 Å². The van der Waals surface area contributed by atoms with E-state index in [0.717, 1.165) is 6.54 Å². The molecule has 13 heavy (non-hydrogen) atoms. The topological polar surface area (TPSA) is 3.24 Å². The summed E-state index contributed by atoms with van der Waals surface area (Å²) in [6.07, 6.45) is 3.59. The lowest BCUT2D eigenvalue weighted by atomic mass is 10.1. The summed E-state index contributed by atoms with van der Waals surface area (Å²) in [5.74, 6) is 0. The molecule has 1 aliphatic heterocycles. The molecule has 2 heterocycles. The standard InChI is InChI=1S/C11H15NS/c1-2-12-7-5-10(6-8-12)11-4-3-9-13-11/h3-5,9H,2,6-8H2,1H3. The Balaban J connectivity index is 2.07. The summed E-state index contributed by atoms with van der Waals surface area (Å²) < 4.78 is 0. The van der Waals surface area contributed by atoms with Crippen LogP contribution in [0.4, 0.5) is 0 Å². The average molecular weight is 193 g/mol. The third-order valence-corrected chi connectivity index (χ3v) is 3.52. The fourth-order valence-corrected chi connectivity index (χ4v) is 2.48. The Morgan fingerprint density at radius 1 is 1.54 bits per heavy atom. The van der Waals surface area contributed by atoms with Crippen molar-refractivity contribution in [2.45, 2.75) is 13.3 Å². The van der Waals surface area contributed by atoms with Gasteiger partial charge in [-0.05, 0) is 30.0 Å². The number of likely N-dealkylation sites (N-methyl/N-ethyl adjacent to an activating group) is 1. The van der Waals surface area contributed by atoms with Gasteiger partial charge in [-0.3, -0.25) is 4.90 Å². The van der Waals surface area contributed by atoms with Crippen molar-refractivity contribution >= 4 is 16.9 Å². The van der Waals surface area contributed by atoms with Crippen molar-refractivity contribution in [3.63, 3.8) is 0 Å². The molecule has 0 aliphatic carbocycles. The van der Waals surface area contributed by atoms with Crippen molar-refractivity contribution in [2.75, 3.05) is 19.6 Å². The Morgan fingerprint density at radius 2 is 2.46 bits per heavy atom. The Hall–Kier alpha value is -0.600. The third kappa shape index (κ3) is 2.01. The molecule has 2 rings (SSSR count). The fourth-order valence-electron chi connectivity index (χ4n) is 1.68. The fraction of sp³-hybridized carbons (Fsp3) is 0.455. The van der Waals surface area contributed by atoms with Crippen LogP contribution in [0.5, 0.6) is 0 Å². The maximum absolute atomic E-state index is 2.47. The molecule has 0 amide bonds. The van der Waals surface area contributed by atoms with Crippen molar-refractivity contribution in [3.8, 4) is 0 Å². The quantitative estimate of drug-likeness (QED) is 0.698. The first-order valence-corrected chi connectivity index (χ1v) is 5.73. The highest BCUT2D eigenvalue weighted by Crippen LogP contribution is 2.25. The lowest BCUT2D eigenvalue weighted by molar-refractivity contribution is 0.319. The third-order valence-electron chi connectivity index (χ3n) is 2.58. The number of nitrogens with zero attached hydrogens (tertiary/aromatic N) is 1. The van der Waals surface area contributed by atoms with E-state index in [-0.39, 0.29) is 0 Å². The first-order valence-electron chi connectivity index (χ1n) is 4.85. The van der Waals surface area contributed by atoms with Crippen molar-refractivity contribution in [3.05, 3.63) is 28.5 Å². The molecule has 0 bridgehead atoms. The van der Waals surface area contributed by atoms with Crippen LogP contribution in [0.3, 0.4) is 0 Å². The molecule has 0 radical (unpaired) electrons. The zero-order valence-corrected chi connectivity index (χ0v) is 8.81. The van der Waals surface area contributed by atoms with Gasteiger partial charge in [0.15, 0.2) is 0 Å². The van der Waals surface area contributed by atoms with Gasteiger partial charge in [-0.1, -0.05) is 19.1 Å². The summed E-state index contributed by atoms with van der Waals surface area (Å²) in [7, 11) is 0. The van der Waals surface area contributed by atoms with Crippen LogP contribution < -0.4 is 0 Å². The molecule has 1 aliphatic rings. The number of hydrogen-bond acceptors (Lipinski definition) is 2. The molecule has 0 saturated carbocycles. The second-order valence-electron chi connectivity index (χ2n) is 3.35. The average Bonchev–Trinajstić information content (AvgIpc) is 2.71. The Labute approximate surface area is 83.7 Å². The first-order chi connectivity index (χ1) is 6.40. The highest BCUT2D eigenvalue weighted by atomic mass is 32.1. The van der Waals surface area contributed by atoms with E-state index >= 15 is 0 Å². The van der Waals surface area contributed by atoms with Crippen molar-refractivity contribution < 1.29 is 0 Å². The minimum Gasteiger partial charge on any atom is -0.300 e. The SMILES string of the molecule is CCN1CC=C(c2cccs2)CC1. The number of rotatable bonds is 2. The van der Waals surface area contributed by atoms with E-state index < -0.39 is 0 Å². The van der Waals surface area contributed by atoms with Gasteiger partial charge in [-0.25, -0.2) is 0 Å². The van der Waals surface area contributed by atoms with Gasteiger partial charge in [0.25, 0.3) is 0 Å². The highest BCUT2D eigenvalue weighted by molar-refractivity contribution is 7.11.